The molecule has 0 bridgehead atoms. The summed E-state index contributed by atoms with van der Waals surface area (Å²) >= 11 is 0. The fourth-order valence-corrected chi connectivity index (χ4v) is 6.21. The van der Waals surface area contributed by atoms with Crippen molar-refractivity contribution < 1.29 is 13.2 Å². The van der Waals surface area contributed by atoms with Gasteiger partial charge in [-0.1, -0.05) is 36.4 Å². The van der Waals surface area contributed by atoms with Crippen LogP contribution >= 0.6 is 9.39 Å². The molecule has 10 heteroatoms. The SMILES string of the molecule is C=S(=C)(c1cc2c(NC(C)c3cccc(C(F)F)c3F)nc(C)nc2cn1)N1CCCCCNCC1. The van der Waals surface area contributed by atoms with Crippen LogP contribution in [0.5, 0.6) is 0 Å². The van der Waals surface area contributed by atoms with Crippen molar-refractivity contribution in [3.05, 3.63) is 53.2 Å². The van der Waals surface area contributed by atoms with Gasteiger partial charge in [-0.15, -0.1) is 9.39 Å². The van der Waals surface area contributed by atoms with E-state index in [0.717, 1.165) is 56.5 Å². The third-order valence-electron chi connectivity index (χ3n) is 6.46. The lowest BCUT2D eigenvalue weighted by Crippen LogP contribution is -2.30. The molecule has 6 nitrogen and oxygen atoms in total. The van der Waals surface area contributed by atoms with Gasteiger partial charge in [0.15, 0.2) is 0 Å². The third-order valence-corrected chi connectivity index (χ3v) is 8.82. The Morgan fingerprint density at radius 3 is 2.64 bits per heavy atom. The Balaban J connectivity index is 1.70. The summed E-state index contributed by atoms with van der Waals surface area (Å²) in [4.78, 5) is 13.7. The molecule has 2 aromatic heterocycles. The molecular formula is C26H33F3N6S. The molecule has 4 rings (SSSR count). The van der Waals surface area contributed by atoms with E-state index in [9.17, 15) is 13.2 Å². The summed E-state index contributed by atoms with van der Waals surface area (Å²) in [6.45, 7) is 7.08. The number of nitrogens with zero attached hydrogens (tertiary/aromatic N) is 4. The molecule has 3 heterocycles. The molecule has 0 spiro atoms. The predicted octanol–water partition coefficient (Wildman–Crippen LogP) is 5.60. The zero-order chi connectivity index (χ0) is 25.9. The van der Waals surface area contributed by atoms with Gasteiger partial charge in [0.25, 0.3) is 6.43 Å². The predicted molar refractivity (Wildman–Crippen MR) is 144 cm³/mol. The average Bonchev–Trinajstić information content (AvgIpc) is 2.98. The van der Waals surface area contributed by atoms with Crippen LogP contribution in [0.2, 0.25) is 0 Å². The molecule has 1 atom stereocenters. The quantitative estimate of drug-likeness (QED) is 0.414. The van der Waals surface area contributed by atoms with E-state index in [0.29, 0.717) is 22.5 Å². The number of hydrogen-bond donors (Lipinski definition) is 2. The second kappa shape index (κ2) is 11.1. The van der Waals surface area contributed by atoms with E-state index < -0.39 is 33.2 Å². The van der Waals surface area contributed by atoms with Crippen molar-refractivity contribution in [1.29, 1.82) is 0 Å². The van der Waals surface area contributed by atoms with Crippen LogP contribution < -0.4 is 10.6 Å². The molecule has 3 aromatic rings. The molecule has 2 N–H and O–H groups in total. The van der Waals surface area contributed by atoms with Crippen LogP contribution in [0.15, 0.2) is 35.5 Å². The van der Waals surface area contributed by atoms with Gasteiger partial charge in [-0.05, 0) is 39.3 Å². The minimum Gasteiger partial charge on any atom is -0.363 e. The first-order valence-corrected chi connectivity index (χ1v) is 14.0. The Kier molecular flexibility index (Phi) is 8.17. The summed E-state index contributed by atoms with van der Waals surface area (Å²) in [5, 5.41) is 8.14. The van der Waals surface area contributed by atoms with E-state index in [1.54, 1.807) is 20.0 Å². The Morgan fingerprint density at radius 2 is 1.86 bits per heavy atom. The molecule has 36 heavy (non-hydrogen) atoms. The van der Waals surface area contributed by atoms with Gasteiger partial charge in [0.05, 0.1) is 28.3 Å². The number of alkyl halides is 2. The number of aryl methyl sites for hydroxylation is 1. The van der Waals surface area contributed by atoms with Crippen molar-refractivity contribution >= 4 is 37.9 Å². The van der Waals surface area contributed by atoms with Crippen LogP contribution in [0, 0.1) is 12.7 Å². The largest absolute Gasteiger partial charge is 0.363 e. The molecule has 0 saturated carbocycles. The van der Waals surface area contributed by atoms with Crippen LogP contribution in [0.25, 0.3) is 10.9 Å². The number of aromatic nitrogens is 3. The number of pyridine rings is 1. The van der Waals surface area contributed by atoms with Crippen LogP contribution in [-0.4, -0.2) is 57.2 Å². The Morgan fingerprint density at radius 1 is 1.08 bits per heavy atom. The zero-order valence-corrected chi connectivity index (χ0v) is 21.6. The molecule has 0 aliphatic carbocycles. The van der Waals surface area contributed by atoms with Gasteiger partial charge in [0, 0.05) is 30.6 Å². The number of rotatable bonds is 6. The summed E-state index contributed by atoms with van der Waals surface area (Å²) < 4.78 is 43.6. The summed E-state index contributed by atoms with van der Waals surface area (Å²) in [7, 11) is -1.88. The fourth-order valence-electron chi connectivity index (χ4n) is 4.44. The molecule has 194 valence electrons. The number of fused-ring (bicyclic) bond motifs is 1. The lowest BCUT2D eigenvalue weighted by atomic mass is 10.0. The van der Waals surface area contributed by atoms with Crippen molar-refractivity contribution in [3.8, 4) is 0 Å². The molecule has 1 aliphatic heterocycles. The Hall–Kier alpha value is -2.69. The Bertz CT molecular complexity index is 1320. The van der Waals surface area contributed by atoms with Gasteiger partial charge in [0.2, 0.25) is 0 Å². The molecule has 0 radical (unpaired) electrons. The maximum Gasteiger partial charge on any atom is 0.266 e. The molecule has 1 fully saturated rings. The highest BCUT2D eigenvalue weighted by molar-refractivity contribution is 8.25. The smallest absolute Gasteiger partial charge is 0.266 e. The minimum atomic E-state index is -2.89. The van der Waals surface area contributed by atoms with E-state index >= 15 is 0 Å². The first-order chi connectivity index (χ1) is 17.2. The van der Waals surface area contributed by atoms with Gasteiger partial charge >= 0.3 is 0 Å². The summed E-state index contributed by atoms with van der Waals surface area (Å²) in [5.74, 6) is 9.07. The maximum atomic E-state index is 14.8. The monoisotopic (exact) mass is 518 g/mol. The number of hydrogen-bond acceptors (Lipinski definition) is 6. The number of nitrogens with one attached hydrogen (secondary N) is 2. The summed E-state index contributed by atoms with van der Waals surface area (Å²) in [6, 6.07) is 5.34. The first kappa shape index (κ1) is 26.4. The highest BCUT2D eigenvalue weighted by Crippen LogP contribution is 2.38. The van der Waals surface area contributed by atoms with Gasteiger partial charge in [-0.3, -0.25) is 4.31 Å². The van der Waals surface area contributed by atoms with Crippen molar-refractivity contribution in [2.75, 3.05) is 31.5 Å². The highest BCUT2D eigenvalue weighted by Gasteiger charge is 2.21. The van der Waals surface area contributed by atoms with Crippen molar-refractivity contribution in [2.24, 2.45) is 0 Å². The first-order valence-electron chi connectivity index (χ1n) is 12.1. The molecule has 1 aromatic carbocycles. The Labute approximate surface area is 211 Å². The second-order valence-corrected chi connectivity index (χ2v) is 11.8. The van der Waals surface area contributed by atoms with E-state index in [4.69, 9.17) is 0 Å². The normalized spacial score (nSPS) is 16.9. The van der Waals surface area contributed by atoms with Crippen LogP contribution in [0.3, 0.4) is 0 Å². The highest BCUT2D eigenvalue weighted by atomic mass is 32.2. The van der Waals surface area contributed by atoms with Crippen LogP contribution in [0.4, 0.5) is 19.0 Å². The van der Waals surface area contributed by atoms with E-state index in [-0.39, 0.29) is 5.56 Å². The lowest BCUT2D eigenvalue weighted by Gasteiger charge is -2.30. The van der Waals surface area contributed by atoms with Crippen molar-refractivity contribution in [2.45, 2.75) is 50.6 Å². The maximum absolute atomic E-state index is 14.8. The van der Waals surface area contributed by atoms with Gasteiger partial charge in [-0.25, -0.2) is 28.1 Å². The molecule has 1 aliphatic rings. The summed E-state index contributed by atoms with van der Waals surface area (Å²) in [5.41, 5.74) is 0.159. The van der Waals surface area contributed by atoms with Gasteiger partial charge in [0.1, 0.15) is 17.5 Å². The summed E-state index contributed by atoms with van der Waals surface area (Å²) in [6.07, 6.45) is 2.18. The second-order valence-electron chi connectivity index (χ2n) is 9.16. The molecule has 1 saturated heterocycles. The zero-order valence-electron chi connectivity index (χ0n) is 20.7. The fraction of sp³-hybridized carbons (Fsp3) is 0.423. The molecular weight excluding hydrogens is 485 g/mol. The molecule has 1 unspecified atom stereocenters. The van der Waals surface area contributed by atoms with Crippen LogP contribution in [0.1, 0.15) is 55.6 Å². The van der Waals surface area contributed by atoms with E-state index in [1.165, 1.54) is 12.1 Å². The standard InChI is InChI=1S/C26H33F3N6S/c1-17(19-9-8-10-20(24(19)27)25(28)29)32-26-21-15-23(31-16-22(21)33-18(2)34-26)36(3,4)35-13-7-5-6-11-30-12-14-35/h8-10,15-17,25,30H,3-7,11-14H2,1-2H3,(H,32,33,34). The number of benzene rings is 1. The molecule has 0 amide bonds. The van der Waals surface area contributed by atoms with Gasteiger partial charge < -0.3 is 10.6 Å². The van der Waals surface area contributed by atoms with Crippen molar-refractivity contribution in [3.63, 3.8) is 0 Å². The van der Waals surface area contributed by atoms with Crippen molar-refractivity contribution in [1.82, 2.24) is 24.6 Å². The lowest BCUT2D eigenvalue weighted by molar-refractivity contribution is 0.146. The van der Waals surface area contributed by atoms with E-state index in [2.05, 4.69) is 41.6 Å². The number of halogens is 3. The van der Waals surface area contributed by atoms with E-state index in [1.807, 2.05) is 6.07 Å². The third kappa shape index (κ3) is 5.66. The van der Waals surface area contributed by atoms with Gasteiger partial charge in [-0.2, -0.15) is 0 Å². The minimum absolute atomic E-state index is 0.144. The average molecular weight is 519 g/mol. The number of anilines is 1. The topological polar surface area (TPSA) is 66.0 Å². The van der Waals surface area contributed by atoms with Crippen LogP contribution in [-0.2, 0) is 0 Å².